The van der Waals surface area contributed by atoms with Gasteiger partial charge in [-0.25, -0.2) is 0 Å². The van der Waals surface area contributed by atoms with Crippen molar-refractivity contribution in [3.63, 3.8) is 0 Å². The van der Waals surface area contributed by atoms with E-state index in [0.717, 1.165) is 57.2 Å². The molecule has 0 unspecified atom stereocenters. The van der Waals surface area contributed by atoms with Crippen molar-refractivity contribution in [2.45, 2.75) is 25.9 Å². The van der Waals surface area contributed by atoms with Crippen LogP contribution in [0.2, 0.25) is 0 Å². The molecule has 1 N–H and O–H groups in total. The zero-order chi connectivity index (χ0) is 14.3. The Balaban J connectivity index is 1.44. The molecule has 5 heteroatoms. The summed E-state index contributed by atoms with van der Waals surface area (Å²) in [7, 11) is 0. The van der Waals surface area contributed by atoms with Gasteiger partial charge in [0.25, 0.3) is 0 Å². The molecule has 0 fully saturated rings. The van der Waals surface area contributed by atoms with Gasteiger partial charge in [0.05, 0.1) is 13.2 Å². The van der Waals surface area contributed by atoms with E-state index in [0.29, 0.717) is 0 Å². The Kier molecular flexibility index (Phi) is 4.74. The summed E-state index contributed by atoms with van der Waals surface area (Å²) in [4.78, 5) is 0. The van der Waals surface area contributed by atoms with Crippen molar-refractivity contribution in [2.75, 3.05) is 19.8 Å². The first-order chi connectivity index (χ1) is 10.4. The van der Waals surface area contributed by atoms with E-state index in [2.05, 4.69) is 22.5 Å². The highest BCUT2D eigenvalue weighted by Crippen LogP contribution is 2.30. The molecule has 112 valence electrons. The lowest BCUT2D eigenvalue weighted by Gasteiger charge is -2.10. The normalized spacial score (nSPS) is 13.9. The predicted molar refractivity (Wildman–Crippen MR) is 80.6 cm³/mol. The minimum atomic E-state index is 0.730. The van der Waals surface area contributed by atoms with Gasteiger partial charge in [-0.05, 0) is 36.7 Å². The highest BCUT2D eigenvalue weighted by atomic mass is 16.5. The van der Waals surface area contributed by atoms with Gasteiger partial charge in [-0.15, -0.1) is 0 Å². The van der Waals surface area contributed by atoms with Crippen LogP contribution in [-0.2, 0) is 13.1 Å². The summed E-state index contributed by atoms with van der Waals surface area (Å²) >= 11 is 0. The molecule has 5 nitrogen and oxygen atoms in total. The van der Waals surface area contributed by atoms with Gasteiger partial charge >= 0.3 is 0 Å². The highest BCUT2D eigenvalue weighted by Gasteiger charge is 2.10. The average Bonchev–Trinajstić information content (AvgIpc) is 2.91. The number of nitrogens with zero attached hydrogens (tertiary/aromatic N) is 2. The molecule has 0 radical (unpaired) electrons. The third kappa shape index (κ3) is 3.98. The molecule has 1 aromatic carbocycles. The minimum absolute atomic E-state index is 0.730. The molecule has 0 saturated heterocycles. The van der Waals surface area contributed by atoms with Crippen LogP contribution in [-0.4, -0.2) is 29.5 Å². The summed E-state index contributed by atoms with van der Waals surface area (Å²) in [6, 6.07) is 8.11. The van der Waals surface area contributed by atoms with Crippen LogP contribution >= 0.6 is 0 Å². The monoisotopic (exact) mass is 287 g/mol. The van der Waals surface area contributed by atoms with Gasteiger partial charge in [-0.1, -0.05) is 6.07 Å². The number of rotatable bonds is 6. The number of aromatic nitrogens is 2. The van der Waals surface area contributed by atoms with Gasteiger partial charge < -0.3 is 14.8 Å². The molecular weight excluding hydrogens is 266 g/mol. The van der Waals surface area contributed by atoms with E-state index in [4.69, 9.17) is 9.47 Å². The summed E-state index contributed by atoms with van der Waals surface area (Å²) in [5.41, 5.74) is 1.22. The molecule has 3 rings (SSSR count). The Morgan fingerprint density at radius 3 is 2.95 bits per heavy atom. The number of nitrogens with one attached hydrogen (secondary N) is 1. The molecule has 0 bridgehead atoms. The molecule has 0 amide bonds. The number of aryl methyl sites for hydroxylation is 1. The first-order valence-corrected chi connectivity index (χ1v) is 7.48. The van der Waals surface area contributed by atoms with Gasteiger partial charge in [0, 0.05) is 31.9 Å². The summed E-state index contributed by atoms with van der Waals surface area (Å²) in [6.07, 6.45) is 5.80. The second-order valence-corrected chi connectivity index (χ2v) is 5.13. The Morgan fingerprint density at radius 2 is 2.10 bits per heavy atom. The fourth-order valence-electron chi connectivity index (χ4n) is 2.35. The molecule has 0 saturated carbocycles. The fraction of sp³-hybridized carbons (Fsp3) is 0.438. The lowest BCUT2D eigenvalue weighted by Crippen LogP contribution is -2.16. The third-order valence-corrected chi connectivity index (χ3v) is 3.44. The molecule has 2 aromatic rings. The van der Waals surface area contributed by atoms with Crippen molar-refractivity contribution in [2.24, 2.45) is 0 Å². The fourth-order valence-corrected chi connectivity index (χ4v) is 2.35. The van der Waals surface area contributed by atoms with Crippen molar-refractivity contribution in [3.8, 4) is 11.5 Å². The second kappa shape index (κ2) is 7.13. The van der Waals surface area contributed by atoms with Gasteiger partial charge in [0.1, 0.15) is 0 Å². The smallest absolute Gasteiger partial charge is 0.161 e. The van der Waals surface area contributed by atoms with E-state index in [-0.39, 0.29) is 0 Å². The quantitative estimate of drug-likeness (QED) is 0.828. The van der Waals surface area contributed by atoms with Crippen LogP contribution in [0.4, 0.5) is 0 Å². The predicted octanol–water partition coefficient (Wildman–Crippen LogP) is 2.22. The first-order valence-electron chi connectivity index (χ1n) is 7.48. The van der Waals surface area contributed by atoms with Crippen LogP contribution in [0.15, 0.2) is 36.7 Å². The summed E-state index contributed by atoms with van der Waals surface area (Å²) in [6.45, 7) is 4.22. The van der Waals surface area contributed by atoms with Crippen LogP contribution in [0.3, 0.4) is 0 Å². The van der Waals surface area contributed by atoms with E-state index in [1.165, 1.54) is 5.56 Å². The minimum Gasteiger partial charge on any atom is -0.490 e. The van der Waals surface area contributed by atoms with Gasteiger partial charge in [0.15, 0.2) is 11.5 Å². The SMILES string of the molecule is c1cnn(CCCNCc2ccc3c(c2)OCCCO3)c1. The van der Waals surface area contributed by atoms with Crippen LogP contribution in [0.25, 0.3) is 0 Å². The summed E-state index contributed by atoms with van der Waals surface area (Å²) in [5.74, 6) is 1.72. The Labute approximate surface area is 124 Å². The number of fused-ring (bicyclic) bond motifs is 1. The first kappa shape index (κ1) is 13.9. The maximum absolute atomic E-state index is 5.70. The largest absolute Gasteiger partial charge is 0.490 e. The van der Waals surface area contributed by atoms with E-state index in [9.17, 15) is 0 Å². The Hall–Kier alpha value is -2.01. The second-order valence-electron chi connectivity index (χ2n) is 5.13. The average molecular weight is 287 g/mol. The number of ether oxygens (including phenoxy) is 2. The van der Waals surface area contributed by atoms with Gasteiger partial charge in [-0.2, -0.15) is 5.10 Å². The molecule has 1 aromatic heterocycles. The zero-order valence-corrected chi connectivity index (χ0v) is 12.1. The number of hydrogen-bond acceptors (Lipinski definition) is 4. The maximum Gasteiger partial charge on any atom is 0.161 e. The molecule has 0 aliphatic carbocycles. The highest BCUT2D eigenvalue weighted by molar-refractivity contribution is 5.43. The van der Waals surface area contributed by atoms with Crippen LogP contribution in [0.1, 0.15) is 18.4 Å². The summed E-state index contributed by atoms with van der Waals surface area (Å²) in [5, 5.41) is 7.64. The molecular formula is C16H21N3O2. The van der Waals surface area contributed by atoms with E-state index in [1.54, 1.807) is 0 Å². The maximum atomic E-state index is 5.70. The Bertz CT molecular complexity index is 555. The van der Waals surface area contributed by atoms with Gasteiger partial charge in [0.2, 0.25) is 0 Å². The molecule has 2 heterocycles. The van der Waals surface area contributed by atoms with Crippen LogP contribution in [0, 0.1) is 0 Å². The molecule has 0 spiro atoms. The Morgan fingerprint density at radius 1 is 1.19 bits per heavy atom. The molecule has 21 heavy (non-hydrogen) atoms. The molecule has 1 aliphatic rings. The summed E-state index contributed by atoms with van der Waals surface area (Å²) < 4.78 is 13.3. The molecule has 0 atom stereocenters. The number of hydrogen-bond donors (Lipinski definition) is 1. The van der Waals surface area contributed by atoms with Crippen molar-refractivity contribution < 1.29 is 9.47 Å². The van der Waals surface area contributed by atoms with Crippen LogP contribution in [0.5, 0.6) is 11.5 Å². The molecule has 1 aliphatic heterocycles. The van der Waals surface area contributed by atoms with E-state index < -0.39 is 0 Å². The number of benzene rings is 1. The third-order valence-electron chi connectivity index (χ3n) is 3.44. The van der Waals surface area contributed by atoms with E-state index >= 15 is 0 Å². The van der Waals surface area contributed by atoms with Crippen molar-refractivity contribution >= 4 is 0 Å². The lowest BCUT2D eigenvalue weighted by atomic mass is 10.2. The zero-order valence-electron chi connectivity index (χ0n) is 12.1. The van der Waals surface area contributed by atoms with Gasteiger partial charge in [-0.3, -0.25) is 4.68 Å². The standard InChI is InChI=1S/C16H21N3O2/c1(8-19-9-2-7-18-19)6-17-13-14-4-5-15-16(12-14)21-11-3-10-20-15/h2,4-5,7,9,12,17H,1,3,6,8,10-11,13H2. The van der Waals surface area contributed by atoms with Crippen molar-refractivity contribution in [3.05, 3.63) is 42.2 Å². The topological polar surface area (TPSA) is 48.3 Å². The van der Waals surface area contributed by atoms with Crippen LogP contribution < -0.4 is 14.8 Å². The van der Waals surface area contributed by atoms with Crippen molar-refractivity contribution in [1.82, 2.24) is 15.1 Å². The van der Waals surface area contributed by atoms with Crippen molar-refractivity contribution in [1.29, 1.82) is 0 Å². The van der Waals surface area contributed by atoms with E-state index in [1.807, 2.05) is 29.2 Å². The lowest BCUT2D eigenvalue weighted by molar-refractivity contribution is 0.297.